The van der Waals surface area contributed by atoms with E-state index in [0.717, 1.165) is 56.4 Å². The smallest absolute Gasteiger partial charge is 0.193 e. The summed E-state index contributed by atoms with van der Waals surface area (Å²) in [5, 5.41) is 7.79. The first-order valence-corrected chi connectivity index (χ1v) is 10.1. The molecule has 0 saturated carbocycles. The highest BCUT2D eigenvalue weighted by atomic mass is 15.3. The van der Waals surface area contributed by atoms with E-state index in [0.29, 0.717) is 5.92 Å². The number of benzene rings is 1. The summed E-state index contributed by atoms with van der Waals surface area (Å²) in [7, 11) is 1.98. The molecule has 148 valence electrons. The third-order valence-corrected chi connectivity index (χ3v) is 5.45. The van der Waals surface area contributed by atoms with Crippen molar-refractivity contribution in [3.8, 4) is 0 Å². The van der Waals surface area contributed by atoms with Gasteiger partial charge in [-0.25, -0.2) is 4.98 Å². The molecule has 1 fully saturated rings. The Hall–Kier alpha value is -2.83. The Labute approximate surface area is 166 Å². The van der Waals surface area contributed by atoms with Crippen molar-refractivity contribution in [1.82, 2.24) is 29.5 Å². The summed E-state index contributed by atoms with van der Waals surface area (Å²) in [5.74, 6) is 2.58. The van der Waals surface area contributed by atoms with Crippen LogP contribution in [0.25, 0.3) is 11.0 Å². The van der Waals surface area contributed by atoms with Crippen LogP contribution in [0.1, 0.15) is 30.7 Å². The Kier molecular flexibility index (Phi) is 5.32. The van der Waals surface area contributed by atoms with Crippen LogP contribution in [-0.4, -0.2) is 56.4 Å². The number of rotatable bonds is 5. The van der Waals surface area contributed by atoms with Gasteiger partial charge in [-0.1, -0.05) is 12.1 Å². The SMILES string of the molecule is CCNC(=NCCn1c(C)nc2ccccc21)N1CCC(c2cnn(C)c2)C1. The van der Waals surface area contributed by atoms with E-state index >= 15 is 0 Å². The van der Waals surface area contributed by atoms with Crippen LogP contribution in [0.3, 0.4) is 0 Å². The van der Waals surface area contributed by atoms with E-state index in [1.165, 1.54) is 11.1 Å². The molecule has 0 aliphatic carbocycles. The van der Waals surface area contributed by atoms with E-state index in [4.69, 9.17) is 4.99 Å². The number of guanidine groups is 1. The summed E-state index contributed by atoms with van der Waals surface area (Å²) in [4.78, 5) is 11.9. The second kappa shape index (κ2) is 8.04. The highest BCUT2D eigenvalue weighted by Gasteiger charge is 2.26. The van der Waals surface area contributed by atoms with Gasteiger partial charge < -0.3 is 14.8 Å². The number of aryl methyl sites for hydroxylation is 2. The Balaban J connectivity index is 1.44. The number of imidazole rings is 1. The Morgan fingerprint density at radius 1 is 1.32 bits per heavy atom. The number of aromatic nitrogens is 4. The van der Waals surface area contributed by atoms with E-state index < -0.39 is 0 Å². The van der Waals surface area contributed by atoms with Crippen LogP contribution in [0, 0.1) is 6.92 Å². The van der Waals surface area contributed by atoms with Gasteiger partial charge in [0.1, 0.15) is 5.82 Å². The van der Waals surface area contributed by atoms with Gasteiger partial charge in [0.25, 0.3) is 0 Å². The number of fused-ring (bicyclic) bond motifs is 1. The first-order chi connectivity index (χ1) is 13.7. The summed E-state index contributed by atoms with van der Waals surface area (Å²) in [6, 6.07) is 8.29. The molecule has 3 heterocycles. The minimum absolute atomic E-state index is 0.525. The lowest BCUT2D eigenvalue weighted by Crippen LogP contribution is -2.40. The molecular formula is C21H29N7. The fourth-order valence-electron chi connectivity index (χ4n) is 4.04. The fourth-order valence-corrected chi connectivity index (χ4v) is 4.04. The Morgan fingerprint density at radius 3 is 2.96 bits per heavy atom. The molecule has 28 heavy (non-hydrogen) atoms. The summed E-state index contributed by atoms with van der Waals surface area (Å²) in [6.07, 6.45) is 5.26. The van der Waals surface area contributed by atoms with Crippen molar-refractivity contribution in [2.24, 2.45) is 12.0 Å². The molecule has 7 heteroatoms. The Morgan fingerprint density at radius 2 is 2.18 bits per heavy atom. The minimum atomic E-state index is 0.525. The number of aliphatic imine (C=N–C) groups is 1. The average Bonchev–Trinajstić information content (AvgIpc) is 3.40. The van der Waals surface area contributed by atoms with E-state index in [1.807, 2.05) is 24.0 Å². The molecule has 0 bridgehead atoms. The van der Waals surface area contributed by atoms with Crippen LogP contribution in [0.2, 0.25) is 0 Å². The summed E-state index contributed by atoms with van der Waals surface area (Å²) < 4.78 is 4.14. The molecule has 1 aliphatic heterocycles. The van der Waals surface area contributed by atoms with Gasteiger partial charge in [0, 0.05) is 45.3 Å². The van der Waals surface area contributed by atoms with Gasteiger partial charge in [0.2, 0.25) is 0 Å². The maximum absolute atomic E-state index is 4.91. The highest BCUT2D eigenvalue weighted by molar-refractivity contribution is 5.80. The summed E-state index contributed by atoms with van der Waals surface area (Å²) in [6.45, 7) is 8.65. The predicted octanol–water partition coefficient (Wildman–Crippen LogP) is 2.53. The first kappa shape index (κ1) is 18.5. The van der Waals surface area contributed by atoms with Gasteiger partial charge in [0.15, 0.2) is 5.96 Å². The third kappa shape index (κ3) is 3.74. The van der Waals surface area contributed by atoms with Gasteiger partial charge in [-0.2, -0.15) is 5.10 Å². The van der Waals surface area contributed by atoms with Crippen molar-refractivity contribution in [3.63, 3.8) is 0 Å². The number of hydrogen-bond donors (Lipinski definition) is 1. The van der Waals surface area contributed by atoms with Crippen LogP contribution in [0.5, 0.6) is 0 Å². The van der Waals surface area contributed by atoms with Crippen molar-refractivity contribution in [2.45, 2.75) is 32.7 Å². The highest BCUT2D eigenvalue weighted by Crippen LogP contribution is 2.26. The van der Waals surface area contributed by atoms with E-state index in [2.05, 4.69) is 63.1 Å². The summed E-state index contributed by atoms with van der Waals surface area (Å²) in [5.41, 5.74) is 3.55. The normalized spacial score (nSPS) is 17.6. The van der Waals surface area contributed by atoms with E-state index in [9.17, 15) is 0 Å². The molecule has 0 radical (unpaired) electrons. The van der Waals surface area contributed by atoms with Crippen LogP contribution < -0.4 is 5.32 Å². The number of nitrogens with one attached hydrogen (secondary N) is 1. The predicted molar refractivity (Wildman–Crippen MR) is 113 cm³/mol. The van der Waals surface area contributed by atoms with Crippen molar-refractivity contribution in [2.75, 3.05) is 26.2 Å². The Bertz CT molecular complexity index is 968. The molecular weight excluding hydrogens is 350 g/mol. The van der Waals surface area contributed by atoms with Gasteiger partial charge in [-0.05, 0) is 38.0 Å². The number of nitrogens with zero attached hydrogens (tertiary/aromatic N) is 6. The van der Waals surface area contributed by atoms with Crippen LogP contribution in [0.15, 0.2) is 41.7 Å². The van der Waals surface area contributed by atoms with Crippen molar-refractivity contribution in [3.05, 3.63) is 48.0 Å². The third-order valence-electron chi connectivity index (χ3n) is 5.45. The number of para-hydroxylation sites is 2. The van der Waals surface area contributed by atoms with Gasteiger partial charge in [-0.15, -0.1) is 0 Å². The lowest BCUT2D eigenvalue weighted by molar-refractivity contribution is 0.485. The largest absolute Gasteiger partial charge is 0.357 e. The number of likely N-dealkylation sites (tertiary alicyclic amines) is 1. The molecule has 1 aromatic carbocycles. The second-order valence-electron chi connectivity index (χ2n) is 7.41. The monoisotopic (exact) mass is 379 g/mol. The zero-order valence-corrected chi connectivity index (χ0v) is 17.0. The molecule has 1 N–H and O–H groups in total. The molecule has 7 nitrogen and oxygen atoms in total. The molecule has 1 atom stereocenters. The van der Waals surface area contributed by atoms with Crippen molar-refractivity contribution < 1.29 is 0 Å². The van der Waals surface area contributed by atoms with Crippen LogP contribution in [0.4, 0.5) is 0 Å². The summed E-state index contributed by atoms with van der Waals surface area (Å²) >= 11 is 0. The van der Waals surface area contributed by atoms with Crippen LogP contribution in [-0.2, 0) is 13.6 Å². The average molecular weight is 380 g/mol. The molecule has 1 saturated heterocycles. The lowest BCUT2D eigenvalue weighted by atomic mass is 10.0. The molecule has 4 rings (SSSR count). The lowest BCUT2D eigenvalue weighted by Gasteiger charge is -2.21. The molecule has 1 unspecified atom stereocenters. The molecule has 2 aromatic heterocycles. The second-order valence-corrected chi connectivity index (χ2v) is 7.41. The van der Waals surface area contributed by atoms with Gasteiger partial charge in [0.05, 0.1) is 23.8 Å². The minimum Gasteiger partial charge on any atom is -0.357 e. The molecule has 0 amide bonds. The molecule has 3 aromatic rings. The quantitative estimate of drug-likeness (QED) is 0.547. The van der Waals surface area contributed by atoms with Crippen molar-refractivity contribution >= 4 is 17.0 Å². The number of hydrogen-bond acceptors (Lipinski definition) is 3. The van der Waals surface area contributed by atoms with Gasteiger partial charge >= 0.3 is 0 Å². The zero-order valence-electron chi connectivity index (χ0n) is 17.0. The topological polar surface area (TPSA) is 63.3 Å². The van der Waals surface area contributed by atoms with E-state index in [1.54, 1.807) is 0 Å². The fraction of sp³-hybridized carbons (Fsp3) is 0.476. The molecule has 0 spiro atoms. The zero-order chi connectivity index (χ0) is 19.5. The maximum Gasteiger partial charge on any atom is 0.193 e. The van der Waals surface area contributed by atoms with Crippen molar-refractivity contribution in [1.29, 1.82) is 0 Å². The standard InChI is InChI=1S/C21H29N7/c1-4-22-21(27-11-9-17(15-27)18-13-24-26(3)14-18)23-10-12-28-16(2)25-19-7-5-6-8-20(19)28/h5-8,13-14,17H,4,9-12,15H2,1-3H3,(H,22,23). The van der Waals surface area contributed by atoms with E-state index in [-0.39, 0.29) is 0 Å². The molecule has 1 aliphatic rings. The van der Waals surface area contributed by atoms with Crippen LogP contribution >= 0.6 is 0 Å². The first-order valence-electron chi connectivity index (χ1n) is 10.1. The maximum atomic E-state index is 4.91. The van der Waals surface area contributed by atoms with Gasteiger partial charge in [-0.3, -0.25) is 9.67 Å².